The van der Waals surface area contributed by atoms with Gasteiger partial charge >= 0.3 is 5.97 Å². The zero-order valence-electron chi connectivity index (χ0n) is 35.8. The average Bonchev–Trinajstić information content (AvgIpc) is 3.81. The van der Waals surface area contributed by atoms with Crippen molar-refractivity contribution < 1.29 is 53.9 Å². The van der Waals surface area contributed by atoms with Gasteiger partial charge in [0.25, 0.3) is 17.7 Å². The van der Waals surface area contributed by atoms with Crippen molar-refractivity contribution in [3.05, 3.63) is 131 Å². The van der Waals surface area contributed by atoms with Crippen LogP contribution in [0.4, 0.5) is 17.1 Å². The number of hydrogen-bond acceptors (Lipinski definition) is 15. The van der Waals surface area contributed by atoms with Gasteiger partial charge in [0.05, 0.1) is 37.4 Å². The Morgan fingerprint density at radius 3 is 2.04 bits per heavy atom. The van der Waals surface area contributed by atoms with Crippen molar-refractivity contribution in [2.45, 2.75) is 19.4 Å². The lowest BCUT2D eigenvalue weighted by molar-refractivity contribution is -0.117. The number of phenolic OH excluding ortho intramolecular Hbond substituents is 2. The molecule has 0 radical (unpaired) electrons. The first-order valence-corrected chi connectivity index (χ1v) is 19.8. The molecule has 0 aliphatic heterocycles. The molecule has 5 aromatic carbocycles. The van der Waals surface area contributed by atoms with Gasteiger partial charge in [-0.1, -0.05) is 29.5 Å². The predicted octanol–water partition coefficient (Wildman–Crippen LogP) is 5.15. The number of carboxylic acid groups (broad SMARTS) is 1. The molecule has 0 aliphatic carbocycles. The number of carbonyl (C=O) groups excluding carboxylic acids is 4. The molecule has 0 aliphatic rings. The van der Waals surface area contributed by atoms with Crippen molar-refractivity contribution in [3.63, 3.8) is 0 Å². The third kappa shape index (κ3) is 11.0. The summed E-state index contributed by atoms with van der Waals surface area (Å²) in [5.74, 6) is -0.0867. The zero-order valence-corrected chi connectivity index (χ0v) is 35.8. The van der Waals surface area contributed by atoms with E-state index in [2.05, 4.69) is 36.7 Å². The van der Waals surface area contributed by atoms with Gasteiger partial charge in [-0.3, -0.25) is 19.2 Å². The van der Waals surface area contributed by atoms with E-state index in [-0.39, 0.29) is 57.8 Å². The summed E-state index contributed by atoms with van der Waals surface area (Å²) in [6.07, 6.45) is 3.83. The summed E-state index contributed by atoms with van der Waals surface area (Å²) >= 11 is 0. The average molecular weight is 911 g/mol. The van der Waals surface area contributed by atoms with E-state index >= 15 is 0 Å². The fourth-order valence-corrected chi connectivity index (χ4v) is 6.46. The molecule has 0 fully saturated rings. The van der Waals surface area contributed by atoms with Crippen LogP contribution in [0.5, 0.6) is 28.7 Å². The molecule has 6 rings (SSSR count). The lowest BCUT2D eigenvalue weighted by Gasteiger charge is -2.18. The van der Waals surface area contributed by atoms with E-state index in [0.29, 0.717) is 28.2 Å². The van der Waals surface area contributed by atoms with Crippen LogP contribution < -0.4 is 36.6 Å². The molecule has 67 heavy (non-hydrogen) atoms. The van der Waals surface area contributed by atoms with Crippen molar-refractivity contribution >= 4 is 64.7 Å². The van der Waals surface area contributed by atoms with Crippen molar-refractivity contribution in [1.82, 2.24) is 20.3 Å². The molecule has 6 aromatic rings. The van der Waals surface area contributed by atoms with Crippen LogP contribution in [0.3, 0.4) is 0 Å². The van der Waals surface area contributed by atoms with E-state index in [4.69, 9.17) is 20.7 Å². The summed E-state index contributed by atoms with van der Waals surface area (Å²) in [5, 5.41) is 70.4. The van der Waals surface area contributed by atoms with Gasteiger partial charge in [0.1, 0.15) is 28.7 Å². The maximum Gasteiger partial charge on any atom is 0.339 e. The number of aromatic carboxylic acids is 1. The number of anilines is 3. The number of carbonyl (C=O) groups is 5. The number of benzene rings is 5. The second-order valence-corrected chi connectivity index (χ2v) is 14.4. The Kier molecular flexibility index (Phi) is 14.6. The van der Waals surface area contributed by atoms with E-state index in [1.54, 1.807) is 49.4 Å². The molecule has 1 heterocycles. The Morgan fingerprint density at radius 1 is 0.791 bits per heavy atom. The minimum atomic E-state index is -1.41. The van der Waals surface area contributed by atoms with E-state index in [9.17, 15) is 44.4 Å². The van der Waals surface area contributed by atoms with Crippen LogP contribution in [0.2, 0.25) is 0 Å². The number of amides is 4. The fraction of sp³-hybridized carbons (Fsp3) is 0.109. The second kappa shape index (κ2) is 20.8. The van der Waals surface area contributed by atoms with Crippen molar-refractivity contribution in [1.29, 1.82) is 5.41 Å². The van der Waals surface area contributed by atoms with E-state index < -0.39 is 46.8 Å². The first-order valence-electron chi connectivity index (χ1n) is 19.8. The number of hydrazone groups is 1. The van der Waals surface area contributed by atoms with Gasteiger partial charge in [-0.2, -0.15) is 5.10 Å². The Labute approximate surface area is 380 Å². The number of aromatic hydroxyl groups is 3. The topological polar surface area (TPSA) is 326 Å². The number of methoxy groups -OCH3 is 2. The molecule has 11 N–H and O–H groups in total. The van der Waals surface area contributed by atoms with Crippen LogP contribution in [0, 0.1) is 5.41 Å². The molecule has 21 heteroatoms. The van der Waals surface area contributed by atoms with Crippen LogP contribution in [-0.4, -0.2) is 97.2 Å². The van der Waals surface area contributed by atoms with Crippen LogP contribution in [0.25, 0.3) is 23.0 Å². The number of nitrogens with two attached hydrogens (primary N) is 1. The van der Waals surface area contributed by atoms with Gasteiger partial charge in [0.2, 0.25) is 5.91 Å². The lowest BCUT2D eigenvalue weighted by atomic mass is 10.1. The standard InChI is InChI=1S/C46H42N10O11/c1-24(20-25-4-14-31(57)15-5-25)42(60)49-28-12-8-27(9-13-28)43(61)52-35(21-30(22-47)53-48)45(63)50-29-10-6-26(7-11-29)36-23-56(55-54-36)37-19-17-32(38(58)41(37)67-3)44(62)51-34-18-16-33(46(64)65)39(59)40(34)66-2/h4-20,22-23,35,47,57-59H,21,48H2,1-3H3,(H,49,60)(H,50,63)(H,51,62)(H,52,61)(H,64,65)/b24-20+,47-22?,53-30?/t35-/m0/s1. The number of hydrogen-bond donors (Lipinski definition) is 10. The minimum absolute atomic E-state index is 0.0298. The number of aromatic nitrogens is 3. The fourth-order valence-electron chi connectivity index (χ4n) is 6.46. The first kappa shape index (κ1) is 47.0. The number of phenols is 3. The molecule has 1 atom stereocenters. The highest BCUT2D eigenvalue weighted by Crippen LogP contribution is 2.40. The molecule has 21 nitrogen and oxygen atoms in total. The normalized spacial score (nSPS) is 11.7. The van der Waals surface area contributed by atoms with Crippen molar-refractivity contribution in [2.75, 3.05) is 30.2 Å². The largest absolute Gasteiger partial charge is 0.508 e. The lowest BCUT2D eigenvalue weighted by Crippen LogP contribution is -2.45. The van der Waals surface area contributed by atoms with E-state index in [0.717, 1.165) is 17.8 Å². The maximum absolute atomic E-state index is 13.6. The number of nitrogens with zero attached hydrogens (tertiary/aromatic N) is 4. The van der Waals surface area contributed by atoms with Gasteiger partial charge in [-0.15, -0.1) is 5.10 Å². The van der Waals surface area contributed by atoms with Gasteiger partial charge in [0, 0.05) is 40.7 Å². The summed E-state index contributed by atoms with van der Waals surface area (Å²) in [7, 11) is 2.45. The van der Waals surface area contributed by atoms with E-state index in [1.807, 2.05) is 0 Å². The second-order valence-electron chi connectivity index (χ2n) is 14.4. The third-order valence-electron chi connectivity index (χ3n) is 9.97. The quantitative estimate of drug-likeness (QED) is 0.0245. The molecule has 342 valence electrons. The molecule has 4 amide bonds. The number of rotatable bonds is 17. The minimum Gasteiger partial charge on any atom is -0.508 e. The number of ether oxygens (including phenoxy) is 2. The highest BCUT2D eigenvalue weighted by atomic mass is 16.5. The SMILES string of the molecule is COc1c(NC(=O)c2ccc(-n3cc(-c4ccc(NC(=O)[C@H](CC(C=N)=NN)NC(=O)c5ccc(NC(=O)/C(C)=C/c6ccc(O)cc6)cc5)cc4)nn3)c(OC)c2O)ccc(C(=O)O)c1O. The van der Waals surface area contributed by atoms with Gasteiger partial charge in [0.15, 0.2) is 23.0 Å². The summed E-state index contributed by atoms with van der Waals surface area (Å²) < 4.78 is 11.8. The maximum atomic E-state index is 13.6. The van der Waals surface area contributed by atoms with Crippen LogP contribution >= 0.6 is 0 Å². The smallest absolute Gasteiger partial charge is 0.339 e. The molecule has 0 unspecified atom stereocenters. The third-order valence-corrected chi connectivity index (χ3v) is 9.97. The Morgan fingerprint density at radius 2 is 1.42 bits per heavy atom. The molecule has 0 saturated carbocycles. The molecule has 1 aromatic heterocycles. The number of carboxylic acids is 1. The summed E-state index contributed by atoms with van der Waals surface area (Å²) in [6.45, 7) is 1.63. The highest BCUT2D eigenvalue weighted by molar-refractivity contribution is 6.30. The highest BCUT2D eigenvalue weighted by Gasteiger charge is 2.26. The Hall–Kier alpha value is -9.53. The summed E-state index contributed by atoms with van der Waals surface area (Å²) in [5.41, 5.74) is 2.44. The Balaban J connectivity index is 1.11. The van der Waals surface area contributed by atoms with Crippen LogP contribution in [-0.2, 0) is 9.59 Å². The van der Waals surface area contributed by atoms with Crippen LogP contribution in [0.1, 0.15) is 50.0 Å². The van der Waals surface area contributed by atoms with Gasteiger partial charge < -0.3 is 62.4 Å². The monoisotopic (exact) mass is 910 g/mol. The van der Waals surface area contributed by atoms with E-state index in [1.165, 1.54) is 79.7 Å². The predicted molar refractivity (Wildman–Crippen MR) is 246 cm³/mol. The van der Waals surface area contributed by atoms with Crippen molar-refractivity contribution in [3.8, 4) is 45.7 Å². The van der Waals surface area contributed by atoms with Gasteiger partial charge in [-0.05, 0) is 91.4 Å². The summed E-state index contributed by atoms with van der Waals surface area (Å²) in [6, 6.07) is 22.6. The van der Waals surface area contributed by atoms with Crippen molar-refractivity contribution in [2.24, 2.45) is 10.9 Å². The molecule has 0 saturated heterocycles. The van der Waals surface area contributed by atoms with Crippen LogP contribution in [0.15, 0.2) is 114 Å². The summed E-state index contributed by atoms with van der Waals surface area (Å²) in [4.78, 5) is 64.4. The first-order chi connectivity index (χ1) is 32.1. The molecular formula is C46H42N10O11. The molecule has 0 spiro atoms. The molecule has 0 bridgehead atoms. The number of nitrogens with one attached hydrogen (secondary N) is 5. The van der Waals surface area contributed by atoms with Gasteiger partial charge in [-0.25, -0.2) is 9.48 Å². The zero-order chi connectivity index (χ0) is 48.4. The molecular weight excluding hydrogens is 869 g/mol. The Bertz CT molecular complexity index is 2930.